The van der Waals surface area contributed by atoms with Crippen LogP contribution < -0.4 is 5.32 Å². The monoisotopic (exact) mass is 332 g/mol. The second kappa shape index (κ2) is 6.52. The number of benzene rings is 2. The van der Waals surface area contributed by atoms with E-state index in [0.29, 0.717) is 11.3 Å². The predicted octanol–water partition coefficient (Wildman–Crippen LogP) is 2.81. The molecular formula is C17H20N2O3S. The van der Waals surface area contributed by atoms with Crippen LogP contribution in [0, 0.1) is 13.8 Å². The van der Waals surface area contributed by atoms with Gasteiger partial charge < -0.3 is 5.32 Å². The Hall–Kier alpha value is -2.18. The van der Waals surface area contributed by atoms with Gasteiger partial charge in [0.1, 0.15) is 0 Å². The molecule has 0 atom stereocenters. The van der Waals surface area contributed by atoms with Crippen LogP contribution in [-0.2, 0) is 10.0 Å². The van der Waals surface area contributed by atoms with Gasteiger partial charge in [0, 0.05) is 25.3 Å². The molecule has 0 aliphatic heterocycles. The lowest BCUT2D eigenvalue weighted by Crippen LogP contribution is -2.22. The van der Waals surface area contributed by atoms with Crippen LogP contribution in [0.1, 0.15) is 21.5 Å². The molecule has 0 unspecified atom stereocenters. The summed E-state index contributed by atoms with van der Waals surface area (Å²) in [6, 6.07) is 11.9. The van der Waals surface area contributed by atoms with Crippen molar-refractivity contribution in [3.63, 3.8) is 0 Å². The van der Waals surface area contributed by atoms with E-state index in [0.717, 1.165) is 15.4 Å². The number of carbonyl (C=O) groups is 1. The first-order chi connectivity index (χ1) is 10.7. The molecule has 0 saturated heterocycles. The normalized spacial score (nSPS) is 11.5. The number of rotatable bonds is 4. The molecule has 0 spiro atoms. The van der Waals surface area contributed by atoms with E-state index in [-0.39, 0.29) is 10.8 Å². The first-order valence-electron chi connectivity index (χ1n) is 7.13. The highest BCUT2D eigenvalue weighted by atomic mass is 32.2. The number of hydrogen-bond donors (Lipinski definition) is 1. The third-order valence-electron chi connectivity index (χ3n) is 3.51. The topological polar surface area (TPSA) is 66.5 Å². The van der Waals surface area contributed by atoms with Gasteiger partial charge in [-0.1, -0.05) is 23.8 Å². The Morgan fingerprint density at radius 3 is 2.39 bits per heavy atom. The molecule has 0 aromatic heterocycles. The Balaban J connectivity index is 2.31. The molecule has 2 rings (SSSR count). The van der Waals surface area contributed by atoms with Crippen molar-refractivity contribution in [3.8, 4) is 0 Å². The smallest absolute Gasteiger partial charge is 0.255 e. The molecule has 122 valence electrons. The summed E-state index contributed by atoms with van der Waals surface area (Å²) in [5.74, 6) is -0.259. The SMILES string of the molecule is Cc1ccc(C)c(C(=O)Nc2cccc(S(=O)(=O)N(C)C)c2)c1. The number of sulfonamides is 1. The van der Waals surface area contributed by atoms with Crippen LogP contribution in [0.15, 0.2) is 47.4 Å². The molecule has 23 heavy (non-hydrogen) atoms. The minimum absolute atomic E-state index is 0.140. The van der Waals surface area contributed by atoms with Gasteiger partial charge in [0.25, 0.3) is 5.91 Å². The standard InChI is InChI=1S/C17H20N2O3S/c1-12-8-9-13(2)16(10-12)17(20)18-14-6-5-7-15(11-14)23(21,22)19(3)4/h5-11H,1-4H3,(H,18,20). The second-order valence-electron chi connectivity index (χ2n) is 5.59. The number of nitrogens with zero attached hydrogens (tertiary/aromatic N) is 1. The van der Waals surface area contributed by atoms with E-state index in [2.05, 4.69) is 5.32 Å². The van der Waals surface area contributed by atoms with Gasteiger partial charge >= 0.3 is 0 Å². The van der Waals surface area contributed by atoms with E-state index in [1.54, 1.807) is 12.1 Å². The average molecular weight is 332 g/mol. The molecule has 1 amide bonds. The maximum absolute atomic E-state index is 12.4. The van der Waals surface area contributed by atoms with Gasteiger partial charge in [-0.3, -0.25) is 4.79 Å². The largest absolute Gasteiger partial charge is 0.322 e. The summed E-state index contributed by atoms with van der Waals surface area (Å²) in [6.45, 7) is 3.78. The van der Waals surface area contributed by atoms with Crippen LogP contribution in [0.5, 0.6) is 0 Å². The van der Waals surface area contributed by atoms with Crippen LogP contribution in [-0.4, -0.2) is 32.7 Å². The van der Waals surface area contributed by atoms with Gasteiger partial charge in [-0.2, -0.15) is 0 Å². The minimum atomic E-state index is -3.53. The van der Waals surface area contributed by atoms with Crippen molar-refractivity contribution in [1.29, 1.82) is 0 Å². The number of aryl methyl sites for hydroxylation is 2. The highest BCUT2D eigenvalue weighted by molar-refractivity contribution is 7.89. The van der Waals surface area contributed by atoms with E-state index >= 15 is 0 Å². The average Bonchev–Trinajstić information content (AvgIpc) is 2.49. The molecule has 1 N–H and O–H groups in total. The molecule has 0 aliphatic carbocycles. The Labute approximate surface area is 137 Å². The first-order valence-corrected chi connectivity index (χ1v) is 8.57. The zero-order valence-corrected chi connectivity index (χ0v) is 14.4. The summed E-state index contributed by atoms with van der Waals surface area (Å²) in [5, 5.41) is 2.76. The van der Waals surface area contributed by atoms with Crippen molar-refractivity contribution < 1.29 is 13.2 Å². The van der Waals surface area contributed by atoms with Crippen molar-refractivity contribution in [2.45, 2.75) is 18.7 Å². The van der Waals surface area contributed by atoms with Crippen molar-refractivity contribution in [1.82, 2.24) is 4.31 Å². The molecule has 0 radical (unpaired) electrons. The molecule has 0 heterocycles. The van der Waals surface area contributed by atoms with Crippen molar-refractivity contribution >= 4 is 21.6 Å². The zero-order valence-electron chi connectivity index (χ0n) is 13.6. The van der Waals surface area contributed by atoms with Gasteiger partial charge in [0.15, 0.2) is 0 Å². The van der Waals surface area contributed by atoms with Crippen LogP contribution in [0.25, 0.3) is 0 Å². The van der Waals surface area contributed by atoms with Gasteiger partial charge in [0.05, 0.1) is 4.90 Å². The van der Waals surface area contributed by atoms with Gasteiger partial charge in [-0.25, -0.2) is 12.7 Å². The summed E-state index contributed by atoms with van der Waals surface area (Å²) in [7, 11) is -0.595. The molecule has 0 aliphatic rings. The molecule has 2 aromatic rings. The van der Waals surface area contributed by atoms with E-state index in [1.807, 2.05) is 32.0 Å². The van der Waals surface area contributed by atoms with Crippen LogP contribution in [0.2, 0.25) is 0 Å². The van der Waals surface area contributed by atoms with Crippen LogP contribution in [0.4, 0.5) is 5.69 Å². The van der Waals surface area contributed by atoms with Crippen molar-refractivity contribution in [3.05, 3.63) is 59.2 Å². The quantitative estimate of drug-likeness (QED) is 0.936. The first kappa shape index (κ1) is 17.2. The number of hydrogen-bond acceptors (Lipinski definition) is 3. The Kier molecular flexibility index (Phi) is 4.87. The van der Waals surface area contributed by atoms with Crippen molar-refractivity contribution in [2.75, 3.05) is 19.4 Å². The minimum Gasteiger partial charge on any atom is -0.322 e. The molecule has 0 bridgehead atoms. The summed E-state index contributed by atoms with van der Waals surface area (Å²) >= 11 is 0. The Morgan fingerprint density at radius 2 is 1.74 bits per heavy atom. The third kappa shape index (κ3) is 3.78. The fourth-order valence-corrected chi connectivity index (χ4v) is 3.07. The van der Waals surface area contributed by atoms with Crippen LogP contribution >= 0.6 is 0 Å². The van der Waals surface area contributed by atoms with Gasteiger partial charge in [0.2, 0.25) is 10.0 Å². The fourth-order valence-electron chi connectivity index (χ4n) is 2.12. The van der Waals surface area contributed by atoms with Crippen molar-refractivity contribution in [2.24, 2.45) is 0 Å². The van der Waals surface area contributed by atoms with E-state index in [4.69, 9.17) is 0 Å². The highest BCUT2D eigenvalue weighted by Crippen LogP contribution is 2.19. The maximum atomic E-state index is 12.4. The molecular weight excluding hydrogens is 312 g/mol. The van der Waals surface area contributed by atoms with Gasteiger partial charge in [-0.05, 0) is 43.7 Å². The summed E-state index contributed by atoms with van der Waals surface area (Å²) < 4.78 is 25.4. The van der Waals surface area contributed by atoms with Gasteiger partial charge in [-0.15, -0.1) is 0 Å². The van der Waals surface area contributed by atoms with E-state index in [1.165, 1.54) is 26.2 Å². The lowest BCUT2D eigenvalue weighted by atomic mass is 10.1. The third-order valence-corrected chi connectivity index (χ3v) is 5.32. The highest BCUT2D eigenvalue weighted by Gasteiger charge is 2.18. The second-order valence-corrected chi connectivity index (χ2v) is 7.74. The predicted molar refractivity (Wildman–Crippen MR) is 91.2 cm³/mol. The summed E-state index contributed by atoms with van der Waals surface area (Å²) in [4.78, 5) is 12.6. The summed E-state index contributed by atoms with van der Waals surface area (Å²) in [5.41, 5.74) is 2.87. The Bertz CT molecular complexity index is 843. The zero-order chi connectivity index (χ0) is 17.2. The number of carbonyl (C=O) groups excluding carboxylic acids is 1. The Morgan fingerprint density at radius 1 is 1.04 bits per heavy atom. The number of amides is 1. The maximum Gasteiger partial charge on any atom is 0.255 e. The van der Waals surface area contributed by atoms with E-state index < -0.39 is 10.0 Å². The van der Waals surface area contributed by atoms with E-state index in [9.17, 15) is 13.2 Å². The lowest BCUT2D eigenvalue weighted by molar-refractivity contribution is 0.102. The number of anilines is 1. The molecule has 0 saturated carbocycles. The fraction of sp³-hybridized carbons (Fsp3) is 0.235. The molecule has 2 aromatic carbocycles. The molecule has 5 nitrogen and oxygen atoms in total. The molecule has 6 heteroatoms. The van der Waals surface area contributed by atoms with Crippen LogP contribution in [0.3, 0.4) is 0 Å². The molecule has 0 fully saturated rings. The lowest BCUT2D eigenvalue weighted by Gasteiger charge is -2.13. The number of nitrogens with one attached hydrogen (secondary N) is 1. The summed E-state index contributed by atoms with van der Waals surface area (Å²) in [6.07, 6.45) is 0.